The van der Waals surface area contributed by atoms with Crippen LogP contribution in [0.25, 0.3) is 16.2 Å². The summed E-state index contributed by atoms with van der Waals surface area (Å²) < 4.78 is 7.75. The van der Waals surface area contributed by atoms with Crippen molar-refractivity contribution in [3.05, 3.63) is 64.6 Å². The zero-order valence-electron chi connectivity index (χ0n) is 11.7. The van der Waals surface area contributed by atoms with Crippen LogP contribution in [0.4, 0.5) is 5.69 Å². The fourth-order valence-corrected chi connectivity index (χ4v) is 3.26. The number of furan rings is 1. The fraction of sp³-hybridized carbons (Fsp3) is 0. The number of carbonyl (C=O) groups excluding carboxylic acids is 1. The number of benzene rings is 1. The first-order chi connectivity index (χ1) is 11.2. The summed E-state index contributed by atoms with van der Waals surface area (Å²) in [5, 5.41) is 4.81. The van der Waals surface area contributed by atoms with Gasteiger partial charge in [0.05, 0.1) is 5.69 Å². The lowest BCUT2D eigenvalue weighted by Gasteiger charge is -2.05. The summed E-state index contributed by atoms with van der Waals surface area (Å²) in [5.74, 6) is -0.0385. The lowest BCUT2D eigenvalue weighted by Crippen LogP contribution is -2.10. The molecule has 4 rings (SSSR count). The molecule has 1 N–H and O–H groups in total. The number of thiazole rings is 1. The highest BCUT2D eigenvalue weighted by Gasteiger charge is 2.12. The third kappa shape index (κ3) is 2.80. The number of anilines is 1. The Kier molecular flexibility index (Phi) is 3.51. The normalized spacial score (nSPS) is 11.0. The molecular weight excluding hydrogens is 378 g/mol. The molecule has 0 fully saturated rings. The molecule has 5 nitrogen and oxygen atoms in total. The number of hydrogen-bond acceptors (Lipinski definition) is 4. The molecule has 114 valence electrons. The van der Waals surface area contributed by atoms with Gasteiger partial charge in [-0.2, -0.15) is 0 Å². The van der Waals surface area contributed by atoms with Crippen LogP contribution in [-0.2, 0) is 0 Å². The van der Waals surface area contributed by atoms with Gasteiger partial charge in [-0.25, -0.2) is 4.98 Å². The molecule has 0 atom stereocenters. The van der Waals surface area contributed by atoms with Crippen molar-refractivity contribution in [3.8, 4) is 11.3 Å². The summed E-state index contributed by atoms with van der Waals surface area (Å²) in [4.78, 5) is 17.6. The molecule has 1 aromatic carbocycles. The molecule has 0 radical (unpaired) electrons. The maximum atomic E-state index is 12.1. The average molecular weight is 388 g/mol. The van der Waals surface area contributed by atoms with Crippen molar-refractivity contribution < 1.29 is 9.21 Å². The number of fused-ring (bicyclic) bond motifs is 1. The van der Waals surface area contributed by atoms with Gasteiger partial charge >= 0.3 is 0 Å². The van der Waals surface area contributed by atoms with Crippen LogP contribution < -0.4 is 5.32 Å². The predicted molar refractivity (Wildman–Crippen MR) is 92.9 cm³/mol. The number of nitrogens with one attached hydrogen (secondary N) is 1. The van der Waals surface area contributed by atoms with Gasteiger partial charge in [-0.05, 0) is 40.2 Å². The van der Waals surface area contributed by atoms with Gasteiger partial charge in [0.2, 0.25) is 0 Å². The number of halogens is 1. The average Bonchev–Trinajstić information content (AvgIpc) is 3.22. The fourth-order valence-electron chi connectivity index (χ4n) is 2.25. The predicted octanol–water partition coefficient (Wildman–Crippen LogP) is 4.67. The zero-order chi connectivity index (χ0) is 15.8. The molecule has 1 amide bonds. The first-order valence-corrected chi connectivity index (χ1v) is 8.46. The van der Waals surface area contributed by atoms with E-state index in [1.165, 1.54) is 0 Å². The van der Waals surface area contributed by atoms with Gasteiger partial charge in [-0.1, -0.05) is 12.1 Å². The summed E-state index contributed by atoms with van der Waals surface area (Å²) in [5.41, 5.74) is 2.50. The molecule has 0 bridgehead atoms. The maximum Gasteiger partial charge on any atom is 0.291 e. The molecule has 7 heteroatoms. The van der Waals surface area contributed by atoms with Crippen LogP contribution in [0.1, 0.15) is 10.6 Å². The molecule has 0 unspecified atom stereocenters. The van der Waals surface area contributed by atoms with Crippen LogP contribution in [0.5, 0.6) is 0 Å². The van der Waals surface area contributed by atoms with E-state index < -0.39 is 0 Å². The summed E-state index contributed by atoms with van der Waals surface area (Å²) in [6.45, 7) is 0. The zero-order valence-corrected chi connectivity index (χ0v) is 14.1. The second kappa shape index (κ2) is 5.68. The Labute approximate surface area is 143 Å². The van der Waals surface area contributed by atoms with Crippen molar-refractivity contribution in [2.24, 2.45) is 0 Å². The van der Waals surface area contributed by atoms with Crippen molar-refractivity contribution in [3.63, 3.8) is 0 Å². The molecule has 3 heterocycles. The number of nitrogens with zero attached hydrogens (tertiary/aromatic N) is 2. The van der Waals surface area contributed by atoms with Crippen molar-refractivity contribution in [1.29, 1.82) is 0 Å². The van der Waals surface area contributed by atoms with Crippen LogP contribution in [0, 0.1) is 0 Å². The summed E-state index contributed by atoms with van der Waals surface area (Å²) >= 11 is 4.77. The van der Waals surface area contributed by atoms with Crippen LogP contribution in [0.3, 0.4) is 0 Å². The minimum Gasteiger partial charge on any atom is -0.444 e. The van der Waals surface area contributed by atoms with Crippen LogP contribution in [-0.4, -0.2) is 15.3 Å². The van der Waals surface area contributed by atoms with Crippen molar-refractivity contribution in [2.75, 3.05) is 5.32 Å². The topological polar surface area (TPSA) is 59.5 Å². The molecule has 0 aliphatic carbocycles. The highest BCUT2D eigenvalue weighted by molar-refractivity contribution is 9.10. The molecule has 3 aromatic heterocycles. The van der Waals surface area contributed by atoms with Gasteiger partial charge in [0.25, 0.3) is 5.91 Å². The molecule has 23 heavy (non-hydrogen) atoms. The molecule has 0 saturated carbocycles. The number of hydrogen-bond donors (Lipinski definition) is 1. The van der Waals surface area contributed by atoms with Gasteiger partial charge in [-0.3, -0.25) is 9.20 Å². The Bertz CT molecular complexity index is 973. The number of rotatable bonds is 3. The third-order valence-electron chi connectivity index (χ3n) is 3.31. The molecular formula is C16H10BrN3O2S. The summed E-state index contributed by atoms with van der Waals surface area (Å²) in [6.07, 6.45) is 3.94. The molecule has 0 saturated heterocycles. The van der Waals surface area contributed by atoms with E-state index in [9.17, 15) is 4.79 Å². The van der Waals surface area contributed by atoms with E-state index in [-0.39, 0.29) is 11.7 Å². The quantitative estimate of drug-likeness (QED) is 0.555. The maximum absolute atomic E-state index is 12.1. The smallest absolute Gasteiger partial charge is 0.291 e. The first kappa shape index (κ1) is 14.2. The summed E-state index contributed by atoms with van der Waals surface area (Å²) in [7, 11) is 0. The Morgan fingerprint density at radius 1 is 1.30 bits per heavy atom. The Hall–Kier alpha value is -2.38. The molecule has 0 aliphatic heterocycles. The Balaban J connectivity index is 1.61. The second-order valence-electron chi connectivity index (χ2n) is 4.86. The van der Waals surface area contributed by atoms with Gasteiger partial charge in [-0.15, -0.1) is 11.3 Å². The van der Waals surface area contributed by atoms with Crippen molar-refractivity contribution in [1.82, 2.24) is 9.38 Å². The van der Waals surface area contributed by atoms with Gasteiger partial charge in [0.15, 0.2) is 15.4 Å². The van der Waals surface area contributed by atoms with Crippen LogP contribution in [0.2, 0.25) is 0 Å². The Morgan fingerprint density at radius 3 is 3.00 bits per heavy atom. The lowest BCUT2D eigenvalue weighted by atomic mass is 10.1. The standard InChI is InChI=1S/C16H10BrN3O2S/c17-14-5-4-13(22-14)15(21)18-11-3-1-2-10(8-11)12-9-20-6-7-23-16(20)19-12/h1-9H,(H,18,21). The molecule has 0 spiro atoms. The second-order valence-corrected chi connectivity index (χ2v) is 6.51. The van der Waals surface area contributed by atoms with Crippen molar-refractivity contribution in [2.45, 2.75) is 0 Å². The van der Waals surface area contributed by atoms with Gasteiger partial charge < -0.3 is 9.73 Å². The van der Waals surface area contributed by atoms with Crippen molar-refractivity contribution >= 4 is 43.8 Å². The van der Waals surface area contributed by atoms with Crippen LogP contribution in [0.15, 0.2) is 63.3 Å². The Morgan fingerprint density at radius 2 is 2.22 bits per heavy atom. The molecule has 4 aromatic rings. The SMILES string of the molecule is O=C(Nc1cccc(-c2cn3ccsc3n2)c1)c1ccc(Br)o1. The van der Waals surface area contributed by atoms with Crippen LogP contribution >= 0.6 is 27.3 Å². The van der Waals surface area contributed by atoms with E-state index in [0.717, 1.165) is 16.2 Å². The molecule has 0 aliphatic rings. The van der Waals surface area contributed by atoms with E-state index in [1.807, 2.05) is 46.4 Å². The van der Waals surface area contributed by atoms with E-state index >= 15 is 0 Å². The highest BCUT2D eigenvalue weighted by Crippen LogP contribution is 2.24. The minimum atomic E-state index is -0.293. The van der Waals surface area contributed by atoms with E-state index in [4.69, 9.17) is 4.42 Å². The monoisotopic (exact) mass is 387 g/mol. The third-order valence-corrected chi connectivity index (χ3v) is 4.50. The number of amides is 1. The van der Waals surface area contributed by atoms with E-state index in [2.05, 4.69) is 26.2 Å². The van der Waals surface area contributed by atoms with E-state index in [1.54, 1.807) is 23.5 Å². The van der Waals surface area contributed by atoms with Gasteiger partial charge in [0, 0.05) is 29.0 Å². The highest BCUT2D eigenvalue weighted by atomic mass is 79.9. The minimum absolute atomic E-state index is 0.254. The lowest BCUT2D eigenvalue weighted by molar-refractivity contribution is 0.0995. The summed E-state index contributed by atoms with van der Waals surface area (Å²) in [6, 6.07) is 10.9. The largest absolute Gasteiger partial charge is 0.444 e. The number of aromatic nitrogens is 2. The number of imidazole rings is 1. The van der Waals surface area contributed by atoms with Gasteiger partial charge in [0.1, 0.15) is 0 Å². The van der Waals surface area contributed by atoms with E-state index in [0.29, 0.717) is 10.4 Å². The first-order valence-electron chi connectivity index (χ1n) is 6.78. The number of carbonyl (C=O) groups is 1.